The van der Waals surface area contributed by atoms with Gasteiger partial charge in [-0.3, -0.25) is 0 Å². The standard InChI is InChI=1S/C14H17N3O/c1-2-14(18)8-17(9-14)13-11(7-15)6-10-4-3-5-12(10)16-13/h6,18H,2-5,8-9H2,1H3. The molecule has 2 aliphatic rings. The minimum Gasteiger partial charge on any atom is -0.386 e. The normalized spacial score (nSPS) is 20.2. The number of rotatable bonds is 2. The summed E-state index contributed by atoms with van der Waals surface area (Å²) in [6.45, 7) is 3.16. The van der Waals surface area contributed by atoms with Crippen LogP contribution >= 0.6 is 0 Å². The Kier molecular flexibility index (Phi) is 2.53. The molecule has 1 saturated heterocycles. The van der Waals surface area contributed by atoms with Crippen LogP contribution in [0.5, 0.6) is 0 Å². The van der Waals surface area contributed by atoms with Gasteiger partial charge in [-0.05, 0) is 37.3 Å². The Morgan fingerprint density at radius 2 is 2.28 bits per heavy atom. The van der Waals surface area contributed by atoms with Crippen molar-refractivity contribution in [2.75, 3.05) is 18.0 Å². The lowest BCUT2D eigenvalue weighted by atomic mass is 9.91. The molecule has 1 aromatic heterocycles. The summed E-state index contributed by atoms with van der Waals surface area (Å²) in [5, 5.41) is 19.3. The van der Waals surface area contributed by atoms with E-state index in [0.717, 1.165) is 37.2 Å². The van der Waals surface area contributed by atoms with E-state index in [1.807, 2.05) is 17.9 Å². The van der Waals surface area contributed by atoms with Crippen LogP contribution in [0.2, 0.25) is 0 Å². The molecule has 3 rings (SSSR count). The number of nitriles is 1. The highest BCUT2D eigenvalue weighted by Crippen LogP contribution is 2.33. The van der Waals surface area contributed by atoms with Crippen molar-refractivity contribution >= 4 is 5.82 Å². The molecule has 0 unspecified atom stereocenters. The molecule has 2 heterocycles. The molecule has 1 fully saturated rings. The van der Waals surface area contributed by atoms with Crippen molar-refractivity contribution < 1.29 is 5.11 Å². The van der Waals surface area contributed by atoms with E-state index in [2.05, 4.69) is 11.1 Å². The molecule has 0 atom stereocenters. The molecule has 94 valence electrons. The first-order valence-electron chi connectivity index (χ1n) is 6.55. The van der Waals surface area contributed by atoms with Crippen LogP contribution in [-0.4, -0.2) is 28.8 Å². The van der Waals surface area contributed by atoms with Gasteiger partial charge in [-0.2, -0.15) is 5.26 Å². The maximum atomic E-state index is 10.1. The Morgan fingerprint density at radius 3 is 2.94 bits per heavy atom. The van der Waals surface area contributed by atoms with Gasteiger partial charge >= 0.3 is 0 Å². The molecule has 0 spiro atoms. The van der Waals surface area contributed by atoms with Gasteiger partial charge in [-0.15, -0.1) is 0 Å². The number of nitrogens with zero attached hydrogens (tertiary/aromatic N) is 3. The topological polar surface area (TPSA) is 60.1 Å². The number of β-amino-alcohol motifs (C(OH)–C–C–N with tert-alkyl or cyclic N) is 1. The van der Waals surface area contributed by atoms with Gasteiger partial charge in [-0.25, -0.2) is 4.98 Å². The van der Waals surface area contributed by atoms with Crippen molar-refractivity contribution in [3.05, 3.63) is 22.9 Å². The number of fused-ring (bicyclic) bond motifs is 1. The molecule has 4 heteroatoms. The van der Waals surface area contributed by atoms with Crippen LogP contribution in [0.15, 0.2) is 6.07 Å². The fraction of sp³-hybridized carbons (Fsp3) is 0.571. The van der Waals surface area contributed by atoms with Gasteiger partial charge in [0.1, 0.15) is 11.9 Å². The number of anilines is 1. The second-order valence-electron chi connectivity index (χ2n) is 5.36. The molecule has 1 N–H and O–H groups in total. The van der Waals surface area contributed by atoms with E-state index < -0.39 is 5.60 Å². The van der Waals surface area contributed by atoms with E-state index in [1.165, 1.54) is 5.56 Å². The maximum Gasteiger partial charge on any atom is 0.147 e. The summed E-state index contributed by atoms with van der Waals surface area (Å²) in [7, 11) is 0. The average molecular weight is 243 g/mol. The summed E-state index contributed by atoms with van der Waals surface area (Å²) >= 11 is 0. The first kappa shape index (κ1) is 11.5. The van der Waals surface area contributed by atoms with Crippen molar-refractivity contribution in [3.8, 4) is 6.07 Å². The summed E-state index contributed by atoms with van der Waals surface area (Å²) in [6.07, 6.45) is 3.93. The van der Waals surface area contributed by atoms with Crippen LogP contribution in [0.1, 0.15) is 36.6 Å². The molecular weight excluding hydrogens is 226 g/mol. The van der Waals surface area contributed by atoms with E-state index >= 15 is 0 Å². The van der Waals surface area contributed by atoms with Gasteiger partial charge in [-0.1, -0.05) is 6.92 Å². The smallest absolute Gasteiger partial charge is 0.147 e. The van der Waals surface area contributed by atoms with Crippen molar-refractivity contribution in [1.29, 1.82) is 5.26 Å². The number of aromatic nitrogens is 1. The predicted octanol–water partition coefficient (Wildman–Crippen LogP) is 1.40. The van der Waals surface area contributed by atoms with E-state index in [9.17, 15) is 10.4 Å². The third kappa shape index (κ3) is 1.67. The summed E-state index contributed by atoms with van der Waals surface area (Å²) in [4.78, 5) is 6.65. The van der Waals surface area contributed by atoms with Crippen LogP contribution in [0.4, 0.5) is 5.82 Å². The van der Waals surface area contributed by atoms with Crippen LogP contribution in [-0.2, 0) is 12.8 Å². The number of aliphatic hydroxyl groups is 1. The fourth-order valence-corrected chi connectivity index (χ4v) is 2.82. The molecule has 1 aromatic rings. The predicted molar refractivity (Wildman–Crippen MR) is 68.4 cm³/mol. The SMILES string of the molecule is CCC1(O)CN(c2nc3c(cc2C#N)CCC3)C1. The van der Waals surface area contributed by atoms with Crippen molar-refractivity contribution in [1.82, 2.24) is 4.98 Å². The summed E-state index contributed by atoms with van der Waals surface area (Å²) in [5.74, 6) is 0.760. The second kappa shape index (κ2) is 3.96. The fourth-order valence-electron chi connectivity index (χ4n) is 2.82. The molecule has 0 aromatic carbocycles. The summed E-state index contributed by atoms with van der Waals surface area (Å²) in [6, 6.07) is 4.21. The molecule has 0 saturated carbocycles. The van der Waals surface area contributed by atoms with E-state index in [-0.39, 0.29) is 0 Å². The zero-order valence-electron chi connectivity index (χ0n) is 10.6. The highest BCUT2D eigenvalue weighted by atomic mass is 16.3. The zero-order chi connectivity index (χ0) is 12.8. The molecule has 18 heavy (non-hydrogen) atoms. The van der Waals surface area contributed by atoms with Crippen LogP contribution < -0.4 is 4.90 Å². The van der Waals surface area contributed by atoms with Crippen LogP contribution in [0, 0.1) is 11.3 Å². The molecule has 0 radical (unpaired) electrons. The van der Waals surface area contributed by atoms with Gasteiger partial charge in [0, 0.05) is 5.69 Å². The Hall–Kier alpha value is -1.60. The minimum atomic E-state index is -0.590. The maximum absolute atomic E-state index is 10.1. The zero-order valence-corrected chi connectivity index (χ0v) is 10.6. The monoisotopic (exact) mass is 243 g/mol. The first-order valence-corrected chi connectivity index (χ1v) is 6.55. The van der Waals surface area contributed by atoms with Crippen molar-refractivity contribution in [3.63, 3.8) is 0 Å². The van der Waals surface area contributed by atoms with Gasteiger partial charge < -0.3 is 10.0 Å². The van der Waals surface area contributed by atoms with Gasteiger partial charge in [0.2, 0.25) is 0 Å². The lowest BCUT2D eigenvalue weighted by Gasteiger charge is -2.47. The van der Waals surface area contributed by atoms with E-state index in [1.54, 1.807) is 0 Å². The molecule has 0 amide bonds. The van der Waals surface area contributed by atoms with Gasteiger partial charge in [0.05, 0.1) is 24.3 Å². The summed E-state index contributed by atoms with van der Waals surface area (Å²) < 4.78 is 0. The highest BCUT2D eigenvalue weighted by Gasteiger charge is 2.41. The van der Waals surface area contributed by atoms with Crippen molar-refractivity contribution in [2.24, 2.45) is 0 Å². The lowest BCUT2D eigenvalue weighted by Crippen LogP contribution is -2.62. The average Bonchev–Trinajstić information content (AvgIpc) is 2.80. The molecule has 1 aliphatic heterocycles. The largest absolute Gasteiger partial charge is 0.386 e. The molecule has 1 aliphatic carbocycles. The lowest BCUT2D eigenvalue weighted by molar-refractivity contribution is 0.00802. The number of hydrogen-bond acceptors (Lipinski definition) is 4. The van der Waals surface area contributed by atoms with Gasteiger partial charge in [0.15, 0.2) is 0 Å². The number of hydrogen-bond donors (Lipinski definition) is 1. The van der Waals surface area contributed by atoms with E-state index in [4.69, 9.17) is 0 Å². The van der Waals surface area contributed by atoms with Crippen LogP contribution in [0.3, 0.4) is 0 Å². The van der Waals surface area contributed by atoms with Crippen LogP contribution in [0.25, 0.3) is 0 Å². The Labute approximate surface area is 107 Å². The Morgan fingerprint density at radius 1 is 1.50 bits per heavy atom. The molecular formula is C14H17N3O. The molecule has 4 nitrogen and oxygen atoms in total. The van der Waals surface area contributed by atoms with E-state index in [0.29, 0.717) is 18.7 Å². The third-order valence-electron chi connectivity index (χ3n) is 4.08. The number of aryl methyl sites for hydroxylation is 2. The first-order chi connectivity index (χ1) is 8.65. The third-order valence-corrected chi connectivity index (χ3v) is 4.08. The second-order valence-corrected chi connectivity index (χ2v) is 5.36. The van der Waals surface area contributed by atoms with Crippen molar-refractivity contribution in [2.45, 2.75) is 38.2 Å². The van der Waals surface area contributed by atoms with Gasteiger partial charge in [0.25, 0.3) is 0 Å². The highest BCUT2D eigenvalue weighted by molar-refractivity contribution is 5.59. The Bertz CT molecular complexity index is 527. The summed E-state index contributed by atoms with van der Waals surface area (Å²) in [5.41, 5.74) is 2.42. The quantitative estimate of drug-likeness (QED) is 0.853. The minimum absolute atomic E-state index is 0.587. The molecule has 0 bridgehead atoms. The number of pyridine rings is 1. The Balaban J connectivity index is 1.91.